The van der Waals surface area contributed by atoms with E-state index in [1.165, 1.54) is 24.1 Å². The van der Waals surface area contributed by atoms with E-state index in [1.54, 1.807) is 18.2 Å². The number of hydrogen-bond donors (Lipinski definition) is 3. The molecule has 2 saturated heterocycles. The van der Waals surface area contributed by atoms with E-state index in [0.29, 0.717) is 35.6 Å². The van der Waals surface area contributed by atoms with Crippen LogP contribution < -0.4 is 24.7 Å². The third kappa shape index (κ3) is 5.59. The Morgan fingerprint density at radius 1 is 0.975 bits per heavy atom. The number of likely N-dealkylation sites (N-methyl/N-ethyl adjacent to an activating group) is 1. The second-order valence-corrected chi connectivity index (χ2v) is 13.4. The highest BCUT2D eigenvalue weighted by Gasteiger charge is 2.44. The zero-order chi connectivity index (χ0) is 27.9. The predicted octanol–water partition coefficient (Wildman–Crippen LogP) is 2.88. The van der Waals surface area contributed by atoms with Gasteiger partial charge in [-0.3, -0.25) is 9.52 Å². The van der Waals surface area contributed by atoms with E-state index in [2.05, 4.69) is 31.8 Å². The largest absolute Gasteiger partial charge is 0.395 e. The fourth-order valence-corrected chi connectivity index (χ4v) is 7.12. The van der Waals surface area contributed by atoms with Crippen LogP contribution in [0.1, 0.15) is 41.6 Å². The van der Waals surface area contributed by atoms with Crippen LogP contribution in [0.5, 0.6) is 0 Å². The Hall–Kier alpha value is -3.02. The van der Waals surface area contributed by atoms with Gasteiger partial charge < -0.3 is 29.9 Å². The molecule has 11 heteroatoms. The minimum Gasteiger partial charge on any atom is -0.395 e. The number of nitrogens with zero attached hydrogens (tertiary/aromatic N) is 3. The van der Waals surface area contributed by atoms with Gasteiger partial charge in [-0.05, 0) is 73.4 Å². The SMILES string of the molecule is CN1CCc2cc(C(=O)Nc3ccc(NS(=O)(=O)CCO)cc3N3CCC4(CC3)CC4)cc(N3CCOCC3)c21. The summed E-state index contributed by atoms with van der Waals surface area (Å²) in [5.74, 6) is -0.552. The number of ether oxygens (including phenoxy) is 1. The molecule has 0 unspecified atom stereocenters. The summed E-state index contributed by atoms with van der Waals surface area (Å²) in [5, 5.41) is 12.3. The first-order chi connectivity index (χ1) is 19.3. The smallest absolute Gasteiger partial charge is 0.255 e. The molecule has 0 bridgehead atoms. The van der Waals surface area contributed by atoms with Crippen molar-refractivity contribution < 1.29 is 23.1 Å². The molecule has 6 rings (SSSR count). The Labute approximate surface area is 236 Å². The van der Waals surface area contributed by atoms with Crippen LogP contribution in [-0.2, 0) is 21.2 Å². The molecule has 1 saturated carbocycles. The van der Waals surface area contributed by atoms with Crippen molar-refractivity contribution in [3.63, 3.8) is 0 Å². The van der Waals surface area contributed by atoms with Gasteiger partial charge in [-0.15, -0.1) is 0 Å². The molecule has 4 aliphatic rings. The molecule has 0 atom stereocenters. The van der Waals surface area contributed by atoms with Gasteiger partial charge in [0.2, 0.25) is 10.0 Å². The van der Waals surface area contributed by atoms with Gasteiger partial charge in [0.05, 0.1) is 54.0 Å². The van der Waals surface area contributed by atoms with Gasteiger partial charge in [-0.1, -0.05) is 0 Å². The minimum atomic E-state index is -3.67. The Balaban J connectivity index is 1.30. The van der Waals surface area contributed by atoms with Gasteiger partial charge in [-0.2, -0.15) is 0 Å². The molecule has 1 aliphatic carbocycles. The van der Waals surface area contributed by atoms with Gasteiger partial charge in [-0.25, -0.2) is 8.42 Å². The number of carbonyl (C=O) groups excluding carboxylic acids is 1. The number of amides is 1. The lowest BCUT2D eigenvalue weighted by molar-refractivity contribution is 0.102. The first kappa shape index (κ1) is 27.2. The predicted molar refractivity (Wildman–Crippen MR) is 158 cm³/mol. The van der Waals surface area contributed by atoms with Crippen molar-refractivity contribution in [3.8, 4) is 0 Å². The van der Waals surface area contributed by atoms with Crippen molar-refractivity contribution in [2.45, 2.75) is 32.1 Å². The standard InChI is InChI=1S/C29H39N5O5S/c1-32-9-4-21-18-22(19-26(27(21)32)34-12-15-39-16-13-34)28(36)30-24-3-2-23(31-40(37,38)17-14-35)20-25(24)33-10-7-29(5-6-29)8-11-33/h2-3,18-20,31,35H,4-17H2,1H3,(H,30,36). The maximum Gasteiger partial charge on any atom is 0.255 e. The van der Waals surface area contributed by atoms with Crippen molar-refractivity contribution in [3.05, 3.63) is 41.5 Å². The van der Waals surface area contributed by atoms with Crippen LogP contribution in [0.25, 0.3) is 0 Å². The highest BCUT2D eigenvalue weighted by atomic mass is 32.2. The third-order valence-electron chi connectivity index (χ3n) is 8.88. The van der Waals surface area contributed by atoms with E-state index in [9.17, 15) is 13.2 Å². The van der Waals surface area contributed by atoms with Crippen LogP contribution in [-0.4, -0.2) is 84.8 Å². The first-order valence-corrected chi connectivity index (χ1v) is 15.9. The van der Waals surface area contributed by atoms with Crippen LogP contribution in [0.2, 0.25) is 0 Å². The van der Waals surface area contributed by atoms with Gasteiger partial charge in [0.25, 0.3) is 5.91 Å². The summed E-state index contributed by atoms with van der Waals surface area (Å²) in [6, 6.07) is 9.24. The number of aliphatic hydroxyl groups is 1. The molecule has 1 spiro atoms. The third-order valence-corrected chi connectivity index (χ3v) is 10.1. The molecule has 3 aliphatic heterocycles. The Morgan fingerprint density at radius 2 is 1.70 bits per heavy atom. The van der Waals surface area contributed by atoms with E-state index in [0.717, 1.165) is 63.4 Å². The molecule has 10 nitrogen and oxygen atoms in total. The number of morpholine rings is 1. The lowest BCUT2D eigenvalue weighted by Gasteiger charge is -2.35. The summed E-state index contributed by atoms with van der Waals surface area (Å²) >= 11 is 0. The van der Waals surface area contributed by atoms with Crippen molar-refractivity contribution >= 4 is 44.4 Å². The molecule has 3 fully saturated rings. The summed E-state index contributed by atoms with van der Waals surface area (Å²) < 4.78 is 32.8. The van der Waals surface area contributed by atoms with Gasteiger partial charge in [0, 0.05) is 45.3 Å². The lowest BCUT2D eigenvalue weighted by atomic mass is 9.93. The molecule has 1 amide bonds. The molecule has 2 aromatic rings. The quantitative estimate of drug-likeness (QED) is 0.445. The molecule has 0 aromatic heterocycles. The van der Waals surface area contributed by atoms with Crippen LogP contribution in [0.15, 0.2) is 30.3 Å². The van der Waals surface area contributed by atoms with Crippen LogP contribution in [0.4, 0.5) is 28.4 Å². The monoisotopic (exact) mass is 569 g/mol. The lowest BCUT2D eigenvalue weighted by Crippen LogP contribution is -2.37. The van der Waals surface area contributed by atoms with Crippen molar-refractivity contribution in [1.82, 2.24) is 0 Å². The summed E-state index contributed by atoms with van der Waals surface area (Å²) in [7, 11) is -1.57. The minimum absolute atomic E-state index is 0.183. The second-order valence-electron chi connectivity index (χ2n) is 11.6. The molecule has 3 heterocycles. The van der Waals surface area contributed by atoms with Crippen LogP contribution in [0.3, 0.4) is 0 Å². The number of sulfonamides is 1. The number of hydrogen-bond acceptors (Lipinski definition) is 8. The van der Waals surface area contributed by atoms with Crippen molar-refractivity contribution in [1.29, 1.82) is 0 Å². The number of aliphatic hydroxyl groups excluding tert-OH is 1. The average Bonchev–Trinajstić information content (AvgIpc) is 3.60. The van der Waals surface area contributed by atoms with Crippen LogP contribution >= 0.6 is 0 Å². The van der Waals surface area contributed by atoms with Gasteiger partial charge in [0.15, 0.2) is 0 Å². The molecule has 40 heavy (non-hydrogen) atoms. The van der Waals surface area contributed by atoms with Crippen LogP contribution in [0, 0.1) is 5.41 Å². The molecular formula is C29H39N5O5S. The second kappa shape index (κ2) is 10.8. The topological polar surface area (TPSA) is 114 Å². The molecular weight excluding hydrogens is 530 g/mol. The number of anilines is 5. The van der Waals surface area contributed by atoms with Gasteiger partial charge in [0.1, 0.15) is 0 Å². The highest BCUT2D eigenvalue weighted by Crippen LogP contribution is 2.54. The highest BCUT2D eigenvalue weighted by molar-refractivity contribution is 7.92. The Kier molecular flexibility index (Phi) is 7.30. The number of nitrogens with one attached hydrogen (secondary N) is 2. The normalized spacial score (nSPS) is 20.0. The van der Waals surface area contributed by atoms with E-state index >= 15 is 0 Å². The summed E-state index contributed by atoms with van der Waals surface area (Å²) in [6.45, 7) is 5.12. The molecule has 0 radical (unpaired) electrons. The molecule has 2 aromatic carbocycles. The number of benzene rings is 2. The van der Waals surface area contributed by atoms with Crippen molar-refractivity contribution in [2.24, 2.45) is 5.41 Å². The molecule has 3 N–H and O–H groups in total. The zero-order valence-corrected chi connectivity index (χ0v) is 23.9. The maximum absolute atomic E-state index is 13.8. The van der Waals surface area contributed by atoms with E-state index in [-0.39, 0.29) is 11.7 Å². The summed E-state index contributed by atoms with van der Waals surface area (Å²) in [5.41, 5.74) is 6.43. The number of piperidine rings is 1. The summed E-state index contributed by atoms with van der Waals surface area (Å²) in [4.78, 5) is 20.6. The van der Waals surface area contributed by atoms with Crippen molar-refractivity contribution in [2.75, 3.05) is 90.1 Å². The Bertz CT molecular complexity index is 1380. The number of rotatable bonds is 8. The first-order valence-electron chi connectivity index (χ1n) is 14.3. The summed E-state index contributed by atoms with van der Waals surface area (Å²) in [6.07, 6.45) is 5.66. The zero-order valence-electron chi connectivity index (χ0n) is 23.1. The Morgan fingerprint density at radius 3 is 2.40 bits per heavy atom. The maximum atomic E-state index is 13.8. The fourth-order valence-electron chi connectivity index (χ4n) is 6.29. The number of fused-ring (bicyclic) bond motifs is 1. The van der Waals surface area contributed by atoms with E-state index in [4.69, 9.17) is 9.84 Å². The van der Waals surface area contributed by atoms with E-state index < -0.39 is 16.6 Å². The number of carbonyl (C=O) groups is 1. The fraction of sp³-hybridized carbons (Fsp3) is 0.552. The average molecular weight is 570 g/mol. The van der Waals surface area contributed by atoms with E-state index in [1.807, 2.05) is 12.1 Å². The molecule has 216 valence electrons. The van der Waals surface area contributed by atoms with Gasteiger partial charge >= 0.3 is 0 Å².